The molecule has 0 bridgehead atoms. The van der Waals surface area contributed by atoms with Gasteiger partial charge in [0.1, 0.15) is 5.82 Å². The number of nitrogens with zero attached hydrogens (tertiary/aromatic N) is 2. The maximum Gasteiger partial charge on any atom is 0.287 e. The molecule has 0 saturated heterocycles. The fraction of sp³-hybridized carbons (Fsp3) is 0.250. The van der Waals surface area contributed by atoms with E-state index in [1.807, 2.05) is 0 Å². The average molecular weight is 366 g/mol. The fourth-order valence-electron chi connectivity index (χ4n) is 2.90. The van der Waals surface area contributed by atoms with E-state index in [1.54, 1.807) is 40.9 Å². The molecule has 4 rings (SSSR count). The molecule has 6 nitrogen and oxygen atoms in total. The lowest BCUT2D eigenvalue weighted by atomic mass is 10.1. The van der Waals surface area contributed by atoms with Gasteiger partial charge in [0.25, 0.3) is 11.8 Å². The largest absolute Gasteiger partial charge is 0.349 e. The van der Waals surface area contributed by atoms with Crippen LogP contribution in [-0.4, -0.2) is 33.8 Å². The highest BCUT2D eigenvalue weighted by Crippen LogP contribution is 2.20. The van der Waals surface area contributed by atoms with E-state index in [0.717, 1.165) is 18.4 Å². The standard InChI is InChI=1S/C20H19FN4O2/c21-14-6-4-13(5-7-14)10-11-22-20(27)18-24-17(19(26)23-15-8-9-15)16-3-1-2-12-25(16)18/h1-7,12,15H,8-11H2,(H,22,27)(H,23,26). The van der Waals surface area contributed by atoms with Gasteiger partial charge in [-0.25, -0.2) is 9.37 Å². The number of hydrogen-bond acceptors (Lipinski definition) is 3. The van der Waals surface area contributed by atoms with E-state index in [2.05, 4.69) is 15.6 Å². The molecule has 138 valence electrons. The van der Waals surface area contributed by atoms with Crippen molar-refractivity contribution >= 4 is 17.3 Å². The Morgan fingerprint density at radius 3 is 2.63 bits per heavy atom. The molecule has 1 aliphatic carbocycles. The van der Waals surface area contributed by atoms with Gasteiger partial charge in [-0.2, -0.15) is 0 Å². The van der Waals surface area contributed by atoms with Crippen molar-refractivity contribution in [1.29, 1.82) is 0 Å². The first-order valence-corrected chi connectivity index (χ1v) is 8.92. The van der Waals surface area contributed by atoms with Crippen LogP contribution in [0.25, 0.3) is 5.52 Å². The molecule has 2 heterocycles. The Labute approximate surface area is 155 Å². The molecule has 0 unspecified atom stereocenters. The van der Waals surface area contributed by atoms with E-state index in [1.165, 1.54) is 12.1 Å². The second-order valence-corrected chi connectivity index (χ2v) is 6.62. The maximum absolute atomic E-state index is 12.9. The number of nitrogens with one attached hydrogen (secondary N) is 2. The molecule has 2 aromatic heterocycles. The van der Waals surface area contributed by atoms with Crippen LogP contribution in [0.5, 0.6) is 0 Å². The quantitative estimate of drug-likeness (QED) is 0.703. The van der Waals surface area contributed by atoms with Gasteiger partial charge in [-0.1, -0.05) is 18.2 Å². The van der Waals surface area contributed by atoms with Crippen molar-refractivity contribution in [3.63, 3.8) is 0 Å². The van der Waals surface area contributed by atoms with Crippen LogP contribution in [0.4, 0.5) is 4.39 Å². The summed E-state index contributed by atoms with van der Waals surface area (Å²) < 4.78 is 14.6. The number of hydrogen-bond donors (Lipinski definition) is 2. The van der Waals surface area contributed by atoms with Crippen LogP contribution >= 0.6 is 0 Å². The summed E-state index contributed by atoms with van der Waals surface area (Å²) in [6, 6.07) is 11.7. The highest BCUT2D eigenvalue weighted by atomic mass is 19.1. The molecule has 1 aromatic carbocycles. The van der Waals surface area contributed by atoms with Gasteiger partial charge >= 0.3 is 0 Å². The van der Waals surface area contributed by atoms with Gasteiger partial charge in [0, 0.05) is 18.8 Å². The number of fused-ring (bicyclic) bond motifs is 1. The lowest BCUT2D eigenvalue weighted by molar-refractivity contribution is 0.0943. The SMILES string of the molecule is O=C(NC1CC1)c1nc(C(=O)NCCc2ccc(F)cc2)n2ccccc12. The molecule has 7 heteroatoms. The minimum Gasteiger partial charge on any atom is -0.349 e. The summed E-state index contributed by atoms with van der Waals surface area (Å²) in [5.74, 6) is -0.732. The first kappa shape index (κ1) is 17.2. The van der Waals surface area contributed by atoms with Crippen LogP contribution in [0.2, 0.25) is 0 Å². The fourth-order valence-corrected chi connectivity index (χ4v) is 2.90. The number of carbonyl (C=O) groups is 2. The molecule has 0 radical (unpaired) electrons. The topological polar surface area (TPSA) is 75.5 Å². The Bertz CT molecular complexity index is 993. The van der Waals surface area contributed by atoms with Crippen LogP contribution in [0.15, 0.2) is 48.7 Å². The van der Waals surface area contributed by atoms with E-state index in [-0.39, 0.29) is 35.2 Å². The summed E-state index contributed by atoms with van der Waals surface area (Å²) in [5, 5.41) is 5.72. The minimum absolute atomic E-state index is 0.172. The van der Waals surface area contributed by atoms with Crippen molar-refractivity contribution in [2.75, 3.05) is 6.54 Å². The molecule has 1 fully saturated rings. The van der Waals surface area contributed by atoms with Gasteiger partial charge in [-0.15, -0.1) is 0 Å². The summed E-state index contributed by atoms with van der Waals surface area (Å²) in [7, 11) is 0. The minimum atomic E-state index is -0.358. The Hall–Kier alpha value is -3.22. The maximum atomic E-state index is 12.9. The molecule has 0 aliphatic heterocycles. The number of halogens is 1. The highest BCUT2D eigenvalue weighted by Gasteiger charge is 2.27. The number of pyridine rings is 1. The third-order valence-electron chi connectivity index (χ3n) is 4.49. The summed E-state index contributed by atoms with van der Waals surface area (Å²) in [6.45, 7) is 0.385. The van der Waals surface area contributed by atoms with E-state index in [0.29, 0.717) is 18.5 Å². The first-order valence-electron chi connectivity index (χ1n) is 8.92. The molecular weight excluding hydrogens is 347 g/mol. The Morgan fingerprint density at radius 2 is 1.89 bits per heavy atom. The summed E-state index contributed by atoms with van der Waals surface area (Å²) >= 11 is 0. The number of carbonyl (C=O) groups excluding carboxylic acids is 2. The van der Waals surface area contributed by atoms with E-state index >= 15 is 0 Å². The Kier molecular flexibility index (Phi) is 4.58. The molecule has 1 saturated carbocycles. The van der Waals surface area contributed by atoms with E-state index in [4.69, 9.17) is 0 Å². The van der Waals surface area contributed by atoms with Gasteiger partial charge in [0.15, 0.2) is 5.69 Å². The normalized spacial score (nSPS) is 13.5. The smallest absolute Gasteiger partial charge is 0.287 e. The van der Waals surface area contributed by atoms with Crippen molar-refractivity contribution in [2.45, 2.75) is 25.3 Å². The van der Waals surface area contributed by atoms with Crippen molar-refractivity contribution in [2.24, 2.45) is 0 Å². The van der Waals surface area contributed by atoms with Crippen LogP contribution in [0.3, 0.4) is 0 Å². The molecular formula is C20H19FN4O2. The molecule has 27 heavy (non-hydrogen) atoms. The van der Waals surface area contributed by atoms with Crippen molar-refractivity contribution in [1.82, 2.24) is 20.0 Å². The zero-order valence-electron chi connectivity index (χ0n) is 14.6. The van der Waals surface area contributed by atoms with E-state index < -0.39 is 0 Å². The van der Waals surface area contributed by atoms with Crippen LogP contribution < -0.4 is 10.6 Å². The lowest BCUT2D eigenvalue weighted by Crippen LogP contribution is -2.28. The van der Waals surface area contributed by atoms with Crippen molar-refractivity contribution in [3.05, 3.63) is 71.6 Å². The lowest BCUT2D eigenvalue weighted by Gasteiger charge is -2.05. The number of imidazole rings is 1. The van der Waals surface area contributed by atoms with E-state index in [9.17, 15) is 14.0 Å². The third kappa shape index (κ3) is 3.81. The molecule has 3 aromatic rings. The van der Waals surface area contributed by atoms with Crippen LogP contribution in [0, 0.1) is 5.82 Å². The molecule has 0 spiro atoms. The highest BCUT2D eigenvalue weighted by molar-refractivity contribution is 6.02. The molecule has 1 aliphatic rings. The summed E-state index contributed by atoms with van der Waals surface area (Å²) in [4.78, 5) is 29.3. The number of rotatable bonds is 6. The zero-order chi connectivity index (χ0) is 18.8. The van der Waals surface area contributed by atoms with Crippen molar-refractivity contribution < 1.29 is 14.0 Å². The predicted octanol–water partition coefficient (Wildman–Crippen LogP) is 2.34. The zero-order valence-corrected chi connectivity index (χ0v) is 14.6. The van der Waals surface area contributed by atoms with Gasteiger partial charge in [-0.3, -0.25) is 14.0 Å². The average Bonchev–Trinajstić information content (AvgIpc) is 3.40. The molecule has 0 atom stereocenters. The third-order valence-corrected chi connectivity index (χ3v) is 4.49. The van der Waals surface area contributed by atoms with Crippen LogP contribution in [-0.2, 0) is 6.42 Å². The Balaban J connectivity index is 1.49. The van der Waals surface area contributed by atoms with Crippen molar-refractivity contribution in [3.8, 4) is 0 Å². The summed E-state index contributed by atoms with van der Waals surface area (Å²) in [6.07, 6.45) is 4.25. The monoisotopic (exact) mass is 366 g/mol. The second-order valence-electron chi connectivity index (χ2n) is 6.62. The first-order chi connectivity index (χ1) is 13.1. The predicted molar refractivity (Wildman–Crippen MR) is 98.1 cm³/mol. The number of amides is 2. The molecule has 2 N–H and O–H groups in total. The molecule has 2 amide bonds. The van der Waals surface area contributed by atoms with Gasteiger partial charge < -0.3 is 10.6 Å². The summed E-state index contributed by atoms with van der Waals surface area (Å²) in [5.41, 5.74) is 1.78. The van der Waals surface area contributed by atoms with Gasteiger partial charge in [-0.05, 0) is 49.1 Å². The number of benzene rings is 1. The Morgan fingerprint density at radius 1 is 1.11 bits per heavy atom. The second kappa shape index (κ2) is 7.19. The van der Waals surface area contributed by atoms with Crippen LogP contribution in [0.1, 0.15) is 39.5 Å². The van der Waals surface area contributed by atoms with Gasteiger partial charge in [0.2, 0.25) is 5.82 Å². The van der Waals surface area contributed by atoms with Gasteiger partial charge in [0.05, 0.1) is 5.52 Å². The number of aromatic nitrogens is 2.